The second-order valence-corrected chi connectivity index (χ2v) is 19.9. The molecule has 2 aliphatic heterocycles. The number of benzene rings is 4. The number of carbonyl (C=O) groups is 2. The molecule has 4 aromatic carbocycles. The Morgan fingerprint density at radius 2 is 0.971 bits per heavy atom. The number of ether oxygens (including phenoxy) is 5. The van der Waals surface area contributed by atoms with E-state index in [4.69, 9.17) is 23.7 Å². The van der Waals surface area contributed by atoms with Crippen LogP contribution in [-0.2, 0) is 41.6 Å². The summed E-state index contributed by atoms with van der Waals surface area (Å²) < 4.78 is 27.9. The highest BCUT2D eigenvalue weighted by Gasteiger charge is 2.28. The lowest BCUT2D eigenvalue weighted by molar-refractivity contribution is -0.150. The predicted octanol–water partition coefficient (Wildman–Crippen LogP) is 11.3. The average Bonchev–Trinajstić information content (AvgIpc) is 3.36. The molecule has 2 aliphatic carbocycles. The van der Waals surface area contributed by atoms with E-state index >= 15 is 0 Å². The van der Waals surface area contributed by atoms with Crippen LogP contribution in [0.2, 0.25) is 0 Å². The third-order valence-electron chi connectivity index (χ3n) is 14.3. The Labute approximate surface area is 413 Å². The lowest BCUT2D eigenvalue weighted by Crippen LogP contribution is -2.36. The molecular formula is C58H84N2O9. The molecule has 11 nitrogen and oxygen atoms in total. The van der Waals surface area contributed by atoms with Gasteiger partial charge in [-0.25, -0.2) is 0 Å². The summed E-state index contributed by atoms with van der Waals surface area (Å²) >= 11 is 0. The SMILES string of the molecule is CCCOCC1CCC(O)CC1.CCCOCC1CCC(Oc2ccc3cc(CN4CCC(C(=O)OCC)CC4)ccc3c2)CC1.CCOC(=O)C1CCN(Cc2ccc3cc(O)ccc3c2)CC1. The summed E-state index contributed by atoms with van der Waals surface area (Å²) in [7, 11) is 0. The first-order valence-corrected chi connectivity index (χ1v) is 26.6. The summed E-state index contributed by atoms with van der Waals surface area (Å²) in [6.45, 7) is 18.1. The molecule has 0 spiro atoms. The van der Waals surface area contributed by atoms with Gasteiger partial charge < -0.3 is 33.9 Å². The summed E-state index contributed by atoms with van der Waals surface area (Å²) in [5.41, 5.74) is 2.58. The van der Waals surface area contributed by atoms with Gasteiger partial charge in [-0.3, -0.25) is 19.4 Å². The van der Waals surface area contributed by atoms with Crippen molar-refractivity contribution in [2.75, 3.05) is 65.8 Å². The first-order chi connectivity index (χ1) is 33.6. The Bertz CT molecular complexity index is 2120. The molecule has 0 amide bonds. The van der Waals surface area contributed by atoms with Crippen molar-refractivity contribution >= 4 is 33.5 Å². The molecule has 2 N–H and O–H groups in total. The van der Waals surface area contributed by atoms with Crippen LogP contribution in [0.1, 0.15) is 129 Å². The van der Waals surface area contributed by atoms with Crippen LogP contribution in [0.3, 0.4) is 0 Å². The maximum Gasteiger partial charge on any atom is 0.309 e. The van der Waals surface area contributed by atoms with Gasteiger partial charge >= 0.3 is 11.9 Å². The molecule has 0 unspecified atom stereocenters. The molecule has 0 aromatic heterocycles. The van der Waals surface area contributed by atoms with Crippen LogP contribution in [0.25, 0.3) is 21.5 Å². The number of hydrogen-bond acceptors (Lipinski definition) is 11. The van der Waals surface area contributed by atoms with E-state index in [1.165, 1.54) is 34.7 Å². The zero-order valence-electron chi connectivity index (χ0n) is 42.4. The van der Waals surface area contributed by atoms with Crippen LogP contribution in [-0.4, -0.2) is 110 Å². The molecule has 2 heterocycles. The third kappa shape index (κ3) is 18.1. The Hall–Kier alpha value is -4.26. The molecule has 2 saturated carbocycles. The van der Waals surface area contributed by atoms with Crippen LogP contribution >= 0.6 is 0 Å². The van der Waals surface area contributed by atoms with E-state index < -0.39 is 0 Å². The number of esters is 2. The quantitative estimate of drug-likeness (QED) is 0.0731. The van der Waals surface area contributed by atoms with Crippen molar-refractivity contribution in [1.82, 2.24) is 9.80 Å². The predicted molar refractivity (Wildman–Crippen MR) is 275 cm³/mol. The summed E-state index contributed by atoms with van der Waals surface area (Å²) in [6, 6.07) is 25.0. The van der Waals surface area contributed by atoms with Crippen molar-refractivity contribution in [3.8, 4) is 11.5 Å². The summed E-state index contributed by atoms with van der Waals surface area (Å²) in [5.74, 6) is 2.73. The number of piperidine rings is 2. The van der Waals surface area contributed by atoms with Gasteiger partial charge in [0.15, 0.2) is 0 Å². The van der Waals surface area contributed by atoms with Gasteiger partial charge in [0.1, 0.15) is 11.5 Å². The van der Waals surface area contributed by atoms with E-state index in [2.05, 4.69) is 78.2 Å². The van der Waals surface area contributed by atoms with Crippen LogP contribution in [0.15, 0.2) is 72.8 Å². The second kappa shape index (κ2) is 29.2. The van der Waals surface area contributed by atoms with Crippen molar-refractivity contribution in [3.05, 3.63) is 83.9 Å². The molecule has 69 heavy (non-hydrogen) atoms. The smallest absolute Gasteiger partial charge is 0.309 e. The van der Waals surface area contributed by atoms with Crippen LogP contribution in [0.4, 0.5) is 0 Å². The fraction of sp³-hybridized carbons (Fsp3) is 0.621. The Balaban J connectivity index is 0.000000191. The van der Waals surface area contributed by atoms with Crippen LogP contribution in [0, 0.1) is 23.7 Å². The topological polar surface area (TPSA) is 127 Å². The number of aromatic hydroxyl groups is 1. The number of phenolic OH excluding ortho intramolecular Hbond substituents is 1. The molecule has 0 radical (unpaired) electrons. The summed E-state index contributed by atoms with van der Waals surface area (Å²) in [6.07, 6.45) is 14.9. The molecule has 0 bridgehead atoms. The van der Waals surface area contributed by atoms with Gasteiger partial charge in [-0.15, -0.1) is 0 Å². The van der Waals surface area contributed by atoms with Crippen molar-refractivity contribution in [3.63, 3.8) is 0 Å². The normalized spacial score (nSPS) is 21.7. The fourth-order valence-electron chi connectivity index (χ4n) is 10.2. The molecule has 4 aliphatic rings. The van der Waals surface area contributed by atoms with Gasteiger partial charge in [0.2, 0.25) is 0 Å². The van der Waals surface area contributed by atoms with E-state index in [-0.39, 0.29) is 29.9 Å². The van der Waals surface area contributed by atoms with E-state index in [0.29, 0.717) is 36.9 Å². The fourth-order valence-corrected chi connectivity index (χ4v) is 10.2. The van der Waals surface area contributed by atoms with Gasteiger partial charge in [-0.2, -0.15) is 0 Å². The molecule has 4 fully saturated rings. The van der Waals surface area contributed by atoms with Crippen molar-refractivity contribution < 1.29 is 43.5 Å². The number of nitrogens with zero attached hydrogens (tertiary/aromatic N) is 2. The highest BCUT2D eigenvalue weighted by molar-refractivity contribution is 5.85. The van der Waals surface area contributed by atoms with E-state index in [1.807, 2.05) is 19.9 Å². The highest BCUT2D eigenvalue weighted by Crippen LogP contribution is 2.31. The number of phenols is 1. The summed E-state index contributed by atoms with van der Waals surface area (Å²) in [5, 5.41) is 23.5. The van der Waals surface area contributed by atoms with Gasteiger partial charge in [-0.05, 0) is 211 Å². The molecule has 8 rings (SSSR count). The van der Waals surface area contributed by atoms with Gasteiger partial charge in [-0.1, -0.05) is 50.2 Å². The zero-order valence-corrected chi connectivity index (χ0v) is 42.4. The minimum atomic E-state index is -0.0438. The van der Waals surface area contributed by atoms with E-state index in [9.17, 15) is 19.8 Å². The molecule has 2 saturated heterocycles. The van der Waals surface area contributed by atoms with Gasteiger partial charge in [0, 0.05) is 39.5 Å². The highest BCUT2D eigenvalue weighted by atomic mass is 16.5. The van der Waals surface area contributed by atoms with Crippen LogP contribution < -0.4 is 4.74 Å². The first kappa shape index (κ1) is 54.1. The number of fused-ring (bicyclic) bond motifs is 2. The third-order valence-corrected chi connectivity index (χ3v) is 14.3. The minimum absolute atomic E-state index is 0.0279. The Morgan fingerprint density at radius 3 is 1.45 bits per heavy atom. The molecule has 4 aromatic rings. The van der Waals surface area contributed by atoms with Gasteiger partial charge in [0.25, 0.3) is 0 Å². The van der Waals surface area contributed by atoms with E-state index in [0.717, 1.165) is 159 Å². The van der Waals surface area contributed by atoms with Crippen LogP contribution in [0.5, 0.6) is 11.5 Å². The number of carbonyl (C=O) groups excluding carboxylic acids is 2. The lowest BCUT2D eigenvalue weighted by atomic mass is 9.88. The monoisotopic (exact) mass is 953 g/mol. The average molecular weight is 953 g/mol. The number of rotatable bonds is 18. The van der Waals surface area contributed by atoms with Crippen molar-refractivity contribution in [2.45, 2.75) is 143 Å². The minimum Gasteiger partial charge on any atom is -0.508 e. The van der Waals surface area contributed by atoms with Gasteiger partial charge in [0.05, 0.1) is 37.3 Å². The first-order valence-electron chi connectivity index (χ1n) is 26.6. The summed E-state index contributed by atoms with van der Waals surface area (Å²) in [4.78, 5) is 28.6. The maximum absolute atomic E-state index is 12.0. The molecule has 0 atom stereocenters. The Kier molecular flexibility index (Phi) is 22.9. The Morgan fingerprint density at radius 1 is 0.536 bits per heavy atom. The van der Waals surface area contributed by atoms with E-state index in [1.54, 1.807) is 12.1 Å². The van der Waals surface area contributed by atoms with Crippen molar-refractivity contribution in [1.29, 1.82) is 0 Å². The maximum atomic E-state index is 12.0. The number of likely N-dealkylation sites (tertiary alicyclic amines) is 2. The lowest BCUT2D eigenvalue weighted by Gasteiger charge is -2.30. The van der Waals surface area contributed by atoms with Crippen molar-refractivity contribution in [2.24, 2.45) is 23.7 Å². The zero-order chi connectivity index (χ0) is 48.8. The largest absolute Gasteiger partial charge is 0.508 e. The second-order valence-electron chi connectivity index (χ2n) is 19.9. The molecular weight excluding hydrogens is 869 g/mol. The standard InChI is InChI=1S/C29H41NO4.C19H23NO3.C10H20O2/c1-3-17-32-21-22-6-10-27(11-7-22)34-28-12-9-25-18-23(5-8-26(25)19-28)20-30-15-13-24(14-16-30)29(31)33-4-2;1-2-23-19(22)15-7-9-20(10-8-15)13-14-3-4-17-12-18(21)6-5-16(17)11-14;1-2-7-12-8-9-3-5-10(11)6-4-9/h5,8-9,12,18-19,22,24,27H,3-4,6-7,10-11,13-17,20-21H2,1-2H3;3-6,11-12,15,21H,2,7-10,13H2,1H3;9-11H,2-8H2,1H3. The number of aliphatic hydroxyl groups excluding tert-OH is 1. The number of aliphatic hydroxyl groups is 1. The molecule has 11 heteroatoms. The molecule has 380 valence electrons. The number of hydrogen-bond donors (Lipinski definition) is 2.